The van der Waals surface area contributed by atoms with Crippen molar-refractivity contribution in [2.24, 2.45) is 0 Å². The molecule has 1 heteroatoms. The van der Waals surface area contributed by atoms with Crippen molar-refractivity contribution in [3.8, 4) is 0 Å². The van der Waals surface area contributed by atoms with E-state index in [0.29, 0.717) is 0 Å². The van der Waals surface area contributed by atoms with Gasteiger partial charge in [0.1, 0.15) is 0 Å². The monoisotopic (exact) mass is 369 g/mol. The van der Waals surface area contributed by atoms with Crippen LogP contribution in [0.4, 0.5) is 0 Å². The molecule has 1 aliphatic rings. The van der Waals surface area contributed by atoms with E-state index in [9.17, 15) is 0 Å². The number of rotatable bonds is 4. The van der Waals surface area contributed by atoms with Crippen LogP contribution >= 0.6 is 0 Å². The van der Waals surface area contributed by atoms with Crippen molar-refractivity contribution in [2.75, 3.05) is 13.1 Å². The molecule has 0 bridgehead atoms. The minimum absolute atomic E-state index is 0.241. The van der Waals surface area contributed by atoms with Crippen molar-refractivity contribution in [1.29, 1.82) is 0 Å². The third-order valence-corrected chi connectivity index (χ3v) is 6.24. The summed E-state index contributed by atoms with van der Waals surface area (Å²) in [5, 5.41) is 0. The lowest BCUT2D eigenvalue weighted by Gasteiger charge is -2.47. The first kappa shape index (κ1) is 19.0. The Bertz CT molecular complexity index is 787. The van der Waals surface area contributed by atoms with E-state index in [1.807, 2.05) is 0 Å². The highest BCUT2D eigenvalue weighted by molar-refractivity contribution is 5.51. The Morgan fingerprint density at radius 2 is 0.821 bits per heavy atom. The second kappa shape index (κ2) is 7.93. The Labute approximate surface area is 170 Å². The molecule has 0 aliphatic carbocycles. The molecule has 3 aromatic carbocycles. The summed E-state index contributed by atoms with van der Waals surface area (Å²) in [5.41, 5.74) is 7.79. The molecule has 1 saturated heterocycles. The summed E-state index contributed by atoms with van der Waals surface area (Å²) < 4.78 is 0. The van der Waals surface area contributed by atoms with Crippen LogP contribution < -0.4 is 0 Å². The number of hydrogen-bond acceptors (Lipinski definition) is 1. The van der Waals surface area contributed by atoms with Crippen LogP contribution in [0, 0.1) is 20.8 Å². The summed E-state index contributed by atoms with van der Waals surface area (Å²) in [6, 6.07) is 27.6. The number of nitrogens with zero attached hydrogens (tertiary/aromatic N) is 1. The molecule has 1 fully saturated rings. The van der Waals surface area contributed by atoms with Gasteiger partial charge in [0.05, 0.1) is 5.54 Å². The lowest BCUT2D eigenvalue weighted by molar-refractivity contribution is 0.128. The first-order valence-corrected chi connectivity index (χ1v) is 10.6. The molecule has 3 aromatic rings. The third kappa shape index (κ3) is 3.40. The van der Waals surface area contributed by atoms with Gasteiger partial charge in [-0.05, 0) is 63.4 Å². The van der Waals surface area contributed by atoms with E-state index in [1.165, 1.54) is 52.6 Å². The number of hydrogen-bond donors (Lipinski definition) is 0. The lowest BCUT2D eigenvalue weighted by Crippen LogP contribution is -2.50. The molecule has 0 aromatic heterocycles. The highest BCUT2D eigenvalue weighted by atomic mass is 15.2. The van der Waals surface area contributed by atoms with Gasteiger partial charge in [-0.25, -0.2) is 0 Å². The van der Waals surface area contributed by atoms with E-state index in [4.69, 9.17) is 0 Å². The van der Waals surface area contributed by atoms with Crippen LogP contribution in [0.3, 0.4) is 0 Å². The molecule has 0 atom stereocenters. The quantitative estimate of drug-likeness (QED) is 0.482. The predicted octanol–water partition coefficient (Wildman–Crippen LogP) is 6.39. The molecule has 1 nitrogen and oxygen atoms in total. The zero-order valence-corrected chi connectivity index (χ0v) is 17.4. The predicted molar refractivity (Wildman–Crippen MR) is 119 cm³/mol. The van der Waals surface area contributed by atoms with E-state index in [1.54, 1.807) is 0 Å². The highest BCUT2D eigenvalue weighted by Crippen LogP contribution is 2.44. The summed E-state index contributed by atoms with van der Waals surface area (Å²) >= 11 is 0. The molecule has 1 heterocycles. The topological polar surface area (TPSA) is 3.24 Å². The smallest absolute Gasteiger partial charge is 0.0972 e. The van der Waals surface area contributed by atoms with Gasteiger partial charge in [-0.3, -0.25) is 4.90 Å². The summed E-state index contributed by atoms with van der Waals surface area (Å²) in [6.07, 6.45) is 3.87. The van der Waals surface area contributed by atoms with Crippen LogP contribution in [-0.4, -0.2) is 18.0 Å². The summed E-state index contributed by atoms with van der Waals surface area (Å²) in [4.78, 5) is 2.72. The van der Waals surface area contributed by atoms with Gasteiger partial charge < -0.3 is 0 Å². The minimum Gasteiger partial charge on any atom is -0.286 e. The van der Waals surface area contributed by atoms with Gasteiger partial charge in [-0.2, -0.15) is 0 Å². The fraction of sp³-hybridized carbons (Fsp3) is 0.333. The Morgan fingerprint density at radius 1 is 0.500 bits per heavy atom. The zero-order valence-electron chi connectivity index (χ0n) is 17.4. The molecule has 4 rings (SSSR count). The first-order chi connectivity index (χ1) is 13.6. The lowest BCUT2D eigenvalue weighted by atomic mass is 9.74. The average molecular weight is 370 g/mol. The minimum atomic E-state index is -0.241. The van der Waals surface area contributed by atoms with Gasteiger partial charge >= 0.3 is 0 Å². The fourth-order valence-corrected chi connectivity index (χ4v) is 4.66. The van der Waals surface area contributed by atoms with Gasteiger partial charge in [0, 0.05) is 0 Å². The van der Waals surface area contributed by atoms with E-state index < -0.39 is 0 Å². The number of benzene rings is 3. The summed E-state index contributed by atoms with van der Waals surface area (Å²) in [6.45, 7) is 8.78. The Kier molecular flexibility index (Phi) is 5.37. The standard InChI is InChI=1S/C27H31N/c1-21-7-13-24(14-8-21)27(28-19-5-4-6-20-28,25-15-9-22(2)10-16-25)26-17-11-23(3)12-18-26/h7-18H,4-6,19-20H2,1-3H3. The maximum atomic E-state index is 2.72. The largest absolute Gasteiger partial charge is 0.286 e. The van der Waals surface area contributed by atoms with Gasteiger partial charge in [0.15, 0.2) is 0 Å². The van der Waals surface area contributed by atoms with Crippen molar-refractivity contribution >= 4 is 0 Å². The van der Waals surface area contributed by atoms with Gasteiger partial charge in [-0.1, -0.05) is 95.9 Å². The molecular weight excluding hydrogens is 338 g/mol. The van der Waals surface area contributed by atoms with E-state index in [2.05, 4.69) is 98.5 Å². The van der Waals surface area contributed by atoms with Crippen molar-refractivity contribution < 1.29 is 0 Å². The van der Waals surface area contributed by atoms with Crippen LogP contribution in [0.25, 0.3) is 0 Å². The molecule has 0 amide bonds. The molecule has 0 N–H and O–H groups in total. The molecule has 0 radical (unpaired) electrons. The highest BCUT2D eigenvalue weighted by Gasteiger charge is 2.42. The SMILES string of the molecule is Cc1ccc(C(c2ccc(C)cc2)(c2ccc(C)cc2)N2CCCCC2)cc1. The number of aryl methyl sites for hydroxylation is 3. The molecule has 0 saturated carbocycles. The second-order valence-electron chi connectivity index (χ2n) is 8.36. The maximum absolute atomic E-state index is 2.72. The number of piperidine rings is 1. The molecule has 0 unspecified atom stereocenters. The number of likely N-dealkylation sites (tertiary alicyclic amines) is 1. The molecule has 144 valence electrons. The van der Waals surface area contributed by atoms with Gasteiger partial charge in [0.25, 0.3) is 0 Å². The van der Waals surface area contributed by atoms with E-state index in [0.717, 1.165) is 13.1 Å². The van der Waals surface area contributed by atoms with E-state index >= 15 is 0 Å². The fourth-order valence-electron chi connectivity index (χ4n) is 4.66. The maximum Gasteiger partial charge on any atom is 0.0972 e. The van der Waals surface area contributed by atoms with Crippen LogP contribution in [0.15, 0.2) is 72.8 Å². The van der Waals surface area contributed by atoms with Crippen molar-refractivity contribution in [3.05, 3.63) is 106 Å². The van der Waals surface area contributed by atoms with Crippen molar-refractivity contribution in [3.63, 3.8) is 0 Å². The zero-order chi connectivity index (χ0) is 19.6. The normalized spacial score (nSPS) is 15.5. The first-order valence-electron chi connectivity index (χ1n) is 10.6. The van der Waals surface area contributed by atoms with Gasteiger partial charge in [-0.15, -0.1) is 0 Å². The van der Waals surface area contributed by atoms with Crippen LogP contribution in [-0.2, 0) is 5.54 Å². The van der Waals surface area contributed by atoms with Crippen molar-refractivity contribution in [1.82, 2.24) is 4.90 Å². The van der Waals surface area contributed by atoms with Gasteiger partial charge in [0.2, 0.25) is 0 Å². The third-order valence-electron chi connectivity index (χ3n) is 6.24. The molecule has 28 heavy (non-hydrogen) atoms. The van der Waals surface area contributed by atoms with Crippen LogP contribution in [0.5, 0.6) is 0 Å². The van der Waals surface area contributed by atoms with E-state index in [-0.39, 0.29) is 5.54 Å². The van der Waals surface area contributed by atoms with Crippen molar-refractivity contribution in [2.45, 2.75) is 45.6 Å². The summed E-state index contributed by atoms with van der Waals surface area (Å²) in [5.74, 6) is 0. The molecule has 1 aliphatic heterocycles. The second-order valence-corrected chi connectivity index (χ2v) is 8.36. The Balaban J connectivity index is 2.01. The van der Waals surface area contributed by atoms with Crippen LogP contribution in [0.2, 0.25) is 0 Å². The average Bonchev–Trinajstić information content (AvgIpc) is 2.73. The van der Waals surface area contributed by atoms with Crippen LogP contribution in [0.1, 0.15) is 52.6 Å². The summed E-state index contributed by atoms with van der Waals surface area (Å²) in [7, 11) is 0. The Hall–Kier alpha value is -2.38. The Morgan fingerprint density at radius 3 is 1.14 bits per heavy atom. The molecule has 0 spiro atoms. The molecular formula is C27H31N.